The summed E-state index contributed by atoms with van der Waals surface area (Å²) >= 11 is 0. The lowest BCUT2D eigenvalue weighted by Crippen LogP contribution is -2.35. The monoisotopic (exact) mass is 458 g/mol. The maximum absolute atomic E-state index is 13.9. The molecule has 5 rings (SSSR count). The number of alkyl halides is 3. The minimum Gasteiger partial charge on any atom is -0.454 e. The number of amides is 1. The molecule has 3 heterocycles. The van der Waals surface area contributed by atoms with E-state index in [1.165, 1.54) is 6.07 Å². The predicted molar refractivity (Wildman–Crippen MR) is 115 cm³/mol. The van der Waals surface area contributed by atoms with Crippen LogP contribution in [0.4, 0.5) is 24.7 Å². The van der Waals surface area contributed by atoms with Crippen molar-refractivity contribution in [1.29, 1.82) is 0 Å². The number of fused-ring (bicyclic) bond motifs is 2. The van der Waals surface area contributed by atoms with Crippen LogP contribution in [0.1, 0.15) is 45.7 Å². The van der Waals surface area contributed by atoms with Crippen LogP contribution in [0.5, 0.6) is 11.5 Å². The van der Waals surface area contributed by atoms with E-state index in [1.54, 1.807) is 30.3 Å². The van der Waals surface area contributed by atoms with Gasteiger partial charge in [0.15, 0.2) is 23.2 Å². The van der Waals surface area contributed by atoms with E-state index in [4.69, 9.17) is 9.47 Å². The summed E-state index contributed by atoms with van der Waals surface area (Å²) in [6, 6.07) is 9.27. The molecule has 0 radical (unpaired) electrons. The standard InChI is InChI=1S/C23H21F3N4O3/c1-12-3-5-15(7-13(12)2)27-22(31)17-10-21-28-16(9-20(23(24,25)26)30(21)29-17)14-4-6-18-19(8-14)33-11-32-18/h3-8,10,16,20,28H,9,11H2,1-2H3,(H,27,31)/t16-,20-/m1/s1. The molecule has 2 aliphatic heterocycles. The largest absolute Gasteiger partial charge is 0.454 e. The Balaban J connectivity index is 1.44. The maximum atomic E-state index is 13.9. The van der Waals surface area contributed by atoms with Crippen LogP contribution in [0.15, 0.2) is 42.5 Å². The molecule has 0 fully saturated rings. The summed E-state index contributed by atoms with van der Waals surface area (Å²) < 4.78 is 53.3. The molecule has 0 spiro atoms. The molecule has 0 saturated carbocycles. The molecule has 7 nitrogen and oxygen atoms in total. The Bertz CT molecular complexity index is 1240. The number of ether oxygens (including phenoxy) is 2. The molecule has 172 valence electrons. The van der Waals surface area contributed by atoms with Gasteiger partial charge in [-0.2, -0.15) is 18.3 Å². The van der Waals surface area contributed by atoms with Crippen molar-refractivity contribution in [2.45, 2.75) is 38.5 Å². The molecule has 2 aliphatic rings. The van der Waals surface area contributed by atoms with Gasteiger partial charge in [0.2, 0.25) is 6.79 Å². The van der Waals surface area contributed by atoms with Crippen molar-refractivity contribution < 1.29 is 27.4 Å². The van der Waals surface area contributed by atoms with Crippen LogP contribution in [0, 0.1) is 13.8 Å². The highest BCUT2D eigenvalue weighted by Gasteiger charge is 2.47. The van der Waals surface area contributed by atoms with Gasteiger partial charge in [0.1, 0.15) is 5.82 Å². The summed E-state index contributed by atoms with van der Waals surface area (Å²) in [5, 5.41) is 9.79. The first-order valence-corrected chi connectivity index (χ1v) is 10.4. The highest BCUT2D eigenvalue weighted by atomic mass is 19.4. The number of carbonyl (C=O) groups is 1. The zero-order valence-electron chi connectivity index (χ0n) is 17.9. The fraction of sp³-hybridized carbons (Fsp3) is 0.304. The molecule has 0 unspecified atom stereocenters. The molecule has 2 N–H and O–H groups in total. The van der Waals surface area contributed by atoms with Gasteiger partial charge >= 0.3 is 6.18 Å². The number of hydrogen-bond acceptors (Lipinski definition) is 5. The number of carbonyl (C=O) groups excluding carboxylic acids is 1. The molecule has 1 aromatic heterocycles. The van der Waals surface area contributed by atoms with Crippen LogP contribution < -0.4 is 20.1 Å². The van der Waals surface area contributed by atoms with E-state index in [2.05, 4.69) is 15.7 Å². The number of aryl methyl sites for hydroxylation is 2. The first kappa shape index (κ1) is 21.2. The van der Waals surface area contributed by atoms with E-state index >= 15 is 0 Å². The Labute approximate surface area is 187 Å². The molecule has 2 atom stereocenters. The molecular formula is C23H21F3N4O3. The summed E-state index contributed by atoms with van der Waals surface area (Å²) in [5.41, 5.74) is 3.13. The van der Waals surface area contributed by atoms with Crippen molar-refractivity contribution in [3.8, 4) is 11.5 Å². The second-order valence-electron chi connectivity index (χ2n) is 8.22. The van der Waals surface area contributed by atoms with Gasteiger partial charge in [-0.1, -0.05) is 12.1 Å². The smallest absolute Gasteiger partial charge is 0.410 e. The third-order valence-electron chi connectivity index (χ3n) is 5.99. The molecule has 0 bridgehead atoms. The zero-order chi connectivity index (χ0) is 23.3. The van der Waals surface area contributed by atoms with E-state index < -0.39 is 24.2 Å². The lowest BCUT2D eigenvalue weighted by atomic mass is 9.96. The van der Waals surface area contributed by atoms with Gasteiger partial charge in [-0.05, 0) is 54.8 Å². The van der Waals surface area contributed by atoms with E-state index in [0.717, 1.165) is 15.8 Å². The van der Waals surface area contributed by atoms with Crippen LogP contribution in [0.3, 0.4) is 0 Å². The van der Waals surface area contributed by atoms with Gasteiger partial charge in [0, 0.05) is 18.2 Å². The first-order chi connectivity index (χ1) is 15.7. The van der Waals surface area contributed by atoms with Gasteiger partial charge < -0.3 is 20.1 Å². The normalized spacial score (nSPS) is 19.1. The van der Waals surface area contributed by atoms with Gasteiger partial charge in [0.25, 0.3) is 5.91 Å². The number of anilines is 2. The topological polar surface area (TPSA) is 77.4 Å². The van der Waals surface area contributed by atoms with E-state index in [9.17, 15) is 18.0 Å². The van der Waals surface area contributed by atoms with Crippen LogP contribution in [0.25, 0.3) is 0 Å². The lowest BCUT2D eigenvalue weighted by Gasteiger charge is -2.33. The lowest BCUT2D eigenvalue weighted by molar-refractivity contribution is -0.173. The number of nitrogens with one attached hydrogen (secondary N) is 2. The second kappa shape index (κ2) is 7.72. The SMILES string of the molecule is Cc1ccc(NC(=O)c2cc3n(n2)[C@@H](C(F)(F)F)C[C@H](c2ccc4c(c2)OCO4)N3)cc1C. The van der Waals surface area contributed by atoms with Gasteiger partial charge in [-0.15, -0.1) is 0 Å². The molecule has 1 amide bonds. The Kier molecular flexibility index (Phi) is 4.95. The Morgan fingerprint density at radius 1 is 1.09 bits per heavy atom. The summed E-state index contributed by atoms with van der Waals surface area (Å²) in [5.74, 6) is 0.585. The molecule has 0 aliphatic carbocycles. The molecule has 0 saturated heterocycles. The maximum Gasteiger partial charge on any atom is 0.410 e. The van der Waals surface area contributed by atoms with Crippen molar-refractivity contribution in [3.63, 3.8) is 0 Å². The number of aromatic nitrogens is 2. The van der Waals surface area contributed by atoms with Gasteiger partial charge in [-0.25, -0.2) is 4.68 Å². The van der Waals surface area contributed by atoms with Crippen LogP contribution in [0.2, 0.25) is 0 Å². The molecule has 10 heteroatoms. The quantitative estimate of drug-likeness (QED) is 0.568. The highest BCUT2D eigenvalue weighted by Crippen LogP contribution is 2.45. The van der Waals surface area contributed by atoms with Crippen molar-refractivity contribution in [2.75, 3.05) is 17.4 Å². The van der Waals surface area contributed by atoms with Crippen LogP contribution in [-0.2, 0) is 0 Å². The zero-order valence-corrected chi connectivity index (χ0v) is 17.9. The summed E-state index contributed by atoms with van der Waals surface area (Å²) in [7, 11) is 0. The second-order valence-corrected chi connectivity index (χ2v) is 8.22. The Morgan fingerprint density at radius 2 is 1.88 bits per heavy atom. The Hall–Kier alpha value is -3.69. The minimum absolute atomic E-state index is 0.0772. The summed E-state index contributed by atoms with van der Waals surface area (Å²) in [6.45, 7) is 3.94. The van der Waals surface area contributed by atoms with E-state index in [0.29, 0.717) is 22.7 Å². The number of halogens is 3. The van der Waals surface area contributed by atoms with Crippen molar-refractivity contribution in [3.05, 3.63) is 64.8 Å². The number of nitrogens with zero attached hydrogens (tertiary/aromatic N) is 2. The Morgan fingerprint density at radius 3 is 2.64 bits per heavy atom. The number of benzene rings is 2. The first-order valence-electron chi connectivity index (χ1n) is 10.4. The average Bonchev–Trinajstić information content (AvgIpc) is 3.41. The van der Waals surface area contributed by atoms with Crippen LogP contribution >= 0.6 is 0 Å². The molecule has 33 heavy (non-hydrogen) atoms. The number of rotatable bonds is 3. The fourth-order valence-corrected chi connectivity index (χ4v) is 4.05. The minimum atomic E-state index is -4.54. The average molecular weight is 458 g/mol. The molecule has 2 aromatic carbocycles. The van der Waals surface area contributed by atoms with E-state index in [-0.39, 0.29) is 24.7 Å². The third kappa shape index (κ3) is 3.96. The van der Waals surface area contributed by atoms with Crippen molar-refractivity contribution in [1.82, 2.24) is 9.78 Å². The summed E-state index contributed by atoms with van der Waals surface area (Å²) in [6.07, 6.45) is -4.82. The molecule has 3 aromatic rings. The fourth-order valence-electron chi connectivity index (χ4n) is 4.05. The third-order valence-corrected chi connectivity index (χ3v) is 5.99. The highest BCUT2D eigenvalue weighted by molar-refractivity contribution is 6.03. The number of hydrogen-bond donors (Lipinski definition) is 2. The van der Waals surface area contributed by atoms with E-state index in [1.807, 2.05) is 19.9 Å². The van der Waals surface area contributed by atoms with Gasteiger partial charge in [-0.3, -0.25) is 4.79 Å². The van der Waals surface area contributed by atoms with Gasteiger partial charge in [0.05, 0.1) is 6.04 Å². The molecular weight excluding hydrogens is 437 g/mol. The van der Waals surface area contributed by atoms with Crippen molar-refractivity contribution in [2.24, 2.45) is 0 Å². The van der Waals surface area contributed by atoms with Crippen LogP contribution in [-0.4, -0.2) is 28.7 Å². The summed E-state index contributed by atoms with van der Waals surface area (Å²) in [4.78, 5) is 12.7. The van der Waals surface area contributed by atoms with Crippen molar-refractivity contribution >= 4 is 17.4 Å². The predicted octanol–water partition coefficient (Wildman–Crippen LogP) is 5.14.